The largest absolute Gasteiger partial charge is 0.508 e. The monoisotopic (exact) mass is 343 g/mol. The third-order valence-corrected chi connectivity index (χ3v) is 5.11. The highest BCUT2D eigenvalue weighted by Crippen LogP contribution is 2.30. The first-order chi connectivity index (χ1) is 11.6. The maximum absolute atomic E-state index is 12.6. The Morgan fingerprint density at radius 1 is 1.12 bits per heavy atom. The third-order valence-electron chi connectivity index (χ3n) is 4.20. The average molecular weight is 343 g/mol. The Labute approximate surface area is 145 Å². The summed E-state index contributed by atoms with van der Waals surface area (Å²) in [6.07, 6.45) is 2.86. The van der Waals surface area contributed by atoms with Crippen molar-refractivity contribution in [3.63, 3.8) is 0 Å². The molecule has 0 radical (unpaired) electrons. The second kappa shape index (κ2) is 7.62. The molecule has 0 atom stereocenters. The number of ketones is 1. The van der Waals surface area contributed by atoms with Crippen LogP contribution in [0.15, 0.2) is 41.8 Å². The van der Waals surface area contributed by atoms with Gasteiger partial charge in [0.1, 0.15) is 5.75 Å². The third kappa shape index (κ3) is 4.68. The second-order valence-electron chi connectivity index (χ2n) is 6.28. The fraction of sp³-hybridized carbons (Fsp3) is 0.368. The van der Waals surface area contributed by atoms with Crippen LogP contribution in [0.4, 0.5) is 0 Å². The number of amides is 1. The zero-order chi connectivity index (χ0) is 16.9. The molecule has 1 saturated carbocycles. The minimum atomic E-state index is 0.0277. The van der Waals surface area contributed by atoms with E-state index in [-0.39, 0.29) is 30.3 Å². The van der Waals surface area contributed by atoms with E-state index in [0.717, 1.165) is 17.0 Å². The quantitative estimate of drug-likeness (QED) is 0.741. The Kier molecular flexibility index (Phi) is 5.30. The molecular formula is C19H21NO3S. The molecule has 1 fully saturated rings. The van der Waals surface area contributed by atoms with Crippen molar-refractivity contribution in [2.75, 3.05) is 6.54 Å². The molecule has 0 aliphatic heterocycles. The zero-order valence-corrected chi connectivity index (χ0v) is 14.3. The number of nitrogens with zero attached hydrogens (tertiary/aromatic N) is 1. The van der Waals surface area contributed by atoms with Gasteiger partial charge >= 0.3 is 0 Å². The number of rotatable bonds is 8. The molecule has 1 amide bonds. The van der Waals surface area contributed by atoms with Gasteiger partial charge in [-0.3, -0.25) is 9.59 Å². The standard InChI is InChI=1S/C19H21NO3S/c21-16-7-5-15(6-8-16)13-20(12-14-3-4-14)19(23)10-9-17(22)18-2-1-11-24-18/h1-2,5-8,11,14,21H,3-4,9-10,12-13H2. The van der Waals surface area contributed by atoms with Crippen LogP contribution in [0.2, 0.25) is 0 Å². The normalized spacial score (nSPS) is 13.7. The molecule has 1 heterocycles. The summed E-state index contributed by atoms with van der Waals surface area (Å²) < 4.78 is 0. The number of aromatic hydroxyl groups is 1. The Balaban J connectivity index is 1.58. The fourth-order valence-electron chi connectivity index (χ4n) is 2.63. The van der Waals surface area contributed by atoms with Crippen molar-refractivity contribution >= 4 is 23.0 Å². The van der Waals surface area contributed by atoms with Crippen molar-refractivity contribution in [2.24, 2.45) is 5.92 Å². The average Bonchev–Trinajstić information content (AvgIpc) is 3.22. The Hall–Kier alpha value is -2.14. The molecule has 0 saturated heterocycles. The molecule has 1 aromatic heterocycles. The first-order valence-electron chi connectivity index (χ1n) is 8.24. The topological polar surface area (TPSA) is 57.6 Å². The zero-order valence-electron chi connectivity index (χ0n) is 13.5. The van der Waals surface area contributed by atoms with Crippen LogP contribution in [-0.2, 0) is 11.3 Å². The van der Waals surface area contributed by atoms with Crippen LogP contribution in [0.3, 0.4) is 0 Å². The van der Waals surface area contributed by atoms with Crippen LogP contribution in [-0.4, -0.2) is 28.2 Å². The van der Waals surface area contributed by atoms with Gasteiger partial charge in [0.15, 0.2) is 5.78 Å². The summed E-state index contributed by atoms with van der Waals surface area (Å²) in [6, 6.07) is 10.6. The lowest BCUT2D eigenvalue weighted by Gasteiger charge is -2.23. The minimum Gasteiger partial charge on any atom is -0.508 e. The van der Waals surface area contributed by atoms with Crippen molar-refractivity contribution in [1.82, 2.24) is 4.90 Å². The number of phenols is 1. The van der Waals surface area contributed by atoms with E-state index in [0.29, 0.717) is 12.5 Å². The van der Waals surface area contributed by atoms with Gasteiger partial charge in [-0.15, -0.1) is 11.3 Å². The summed E-state index contributed by atoms with van der Waals surface area (Å²) >= 11 is 1.42. The van der Waals surface area contributed by atoms with Crippen LogP contribution < -0.4 is 0 Å². The SMILES string of the molecule is O=C(CCC(=O)N(Cc1ccc(O)cc1)CC1CC1)c1cccs1. The Morgan fingerprint density at radius 3 is 2.50 bits per heavy atom. The summed E-state index contributed by atoms with van der Waals surface area (Å²) in [6.45, 7) is 1.29. The number of hydrogen-bond acceptors (Lipinski definition) is 4. The van der Waals surface area contributed by atoms with Crippen molar-refractivity contribution < 1.29 is 14.7 Å². The summed E-state index contributed by atoms with van der Waals surface area (Å²) in [4.78, 5) is 27.2. The number of carbonyl (C=O) groups is 2. The summed E-state index contributed by atoms with van der Waals surface area (Å²) in [5, 5.41) is 11.2. The van der Waals surface area contributed by atoms with E-state index in [2.05, 4.69) is 0 Å². The van der Waals surface area contributed by atoms with Gasteiger partial charge in [0.05, 0.1) is 4.88 Å². The van der Waals surface area contributed by atoms with Gasteiger partial charge in [-0.05, 0) is 47.9 Å². The highest BCUT2D eigenvalue weighted by Gasteiger charge is 2.27. The molecule has 0 unspecified atom stereocenters. The number of Topliss-reactive ketones (excluding diaryl/α,β-unsaturated/α-hetero) is 1. The first-order valence-corrected chi connectivity index (χ1v) is 9.12. The van der Waals surface area contributed by atoms with Gasteiger partial charge < -0.3 is 10.0 Å². The molecule has 0 bridgehead atoms. The number of phenolic OH excluding ortho intramolecular Hbond substituents is 1. The number of thiophene rings is 1. The summed E-state index contributed by atoms with van der Waals surface area (Å²) in [5.41, 5.74) is 0.992. The molecule has 24 heavy (non-hydrogen) atoms. The predicted octanol–water partition coefficient (Wildman–Crippen LogP) is 3.86. The molecule has 1 aliphatic carbocycles. The van der Waals surface area contributed by atoms with Crippen molar-refractivity contribution in [3.8, 4) is 5.75 Å². The molecule has 2 aromatic rings. The molecule has 5 heteroatoms. The highest BCUT2D eigenvalue weighted by molar-refractivity contribution is 7.12. The van der Waals surface area contributed by atoms with E-state index < -0.39 is 0 Å². The molecular weight excluding hydrogens is 322 g/mol. The number of hydrogen-bond donors (Lipinski definition) is 1. The second-order valence-corrected chi connectivity index (χ2v) is 7.23. The highest BCUT2D eigenvalue weighted by atomic mass is 32.1. The van der Waals surface area contributed by atoms with Gasteiger partial charge in [-0.25, -0.2) is 0 Å². The van der Waals surface area contributed by atoms with E-state index in [9.17, 15) is 14.7 Å². The minimum absolute atomic E-state index is 0.0277. The van der Waals surface area contributed by atoms with E-state index in [4.69, 9.17) is 0 Å². The summed E-state index contributed by atoms with van der Waals surface area (Å²) in [5.74, 6) is 0.883. The maximum atomic E-state index is 12.6. The molecule has 0 spiro atoms. The van der Waals surface area contributed by atoms with Gasteiger partial charge in [-0.2, -0.15) is 0 Å². The van der Waals surface area contributed by atoms with Gasteiger partial charge in [0.25, 0.3) is 0 Å². The lowest BCUT2D eigenvalue weighted by molar-refractivity contribution is -0.132. The van der Waals surface area contributed by atoms with Crippen LogP contribution in [0, 0.1) is 5.92 Å². The van der Waals surface area contributed by atoms with Gasteiger partial charge in [0.2, 0.25) is 5.91 Å². The lowest BCUT2D eigenvalue weighted by Crippen LogP contribution is -2.32. The maximum Gasteiger partial charge on any atom is 0.223 e. The molecule has 1 N–H and O–H groups in total. The fourth-order valence-corrected chi connectivity index (χ4v) is 3.32. The predicted molar refractivity (Wildman–Crippen MR) is 94.1 cm³/mol. The van der Waals surface area contributed by atoms with E-state index >= 15 is 0 Å². The number of carbonyl (C=O) groups excluding carboxylic acids is 2. The summed E-state index contributed by atoms with van der Waals surface area (Å²) in [7, 11) is 0. The molecule has 1 aliphatic rings. The number of benzene rings is 1. The van der Waals surface area contributed by atoms with E-state index in [1.165, 1.54) is 24.2 Å². The lowest BCUT2D eigenvalue weighted by atomic mass is 10.1. The van der Waals surface area contributed by atoms with Gasteiger partial charge in [-0.1, -0.05) is 18.2 Å². The smallest absolute Gasteiger partial charge is 0.223 e. The molecule has 4 nitrogen and oxygen atoms in total. The molecule has 3 rings (SSSR count). The van der Waals surface area contributed by atoms with Gasteiger partial charge in [0, 0.05) is 25.9 Å². The van der Waals surface area contributed by atoms with Crippen LogP contribution in [0.25, 0.3) is 0 Å². The van der Waals surface area contributed by atoms with E-state index in [1.807, 2.05) is 28.5 Å². The first kappa shape index (κ1) is 16.7. The Bertz CT molecular complexity index is 690. The molecule has 126 valence electrons. The molecule has 1 aromatic carbocycles. The van der Waals surface area contributed by atoms with Crippen LogP contribution in [0.1, 0.15) is 40.9 Å². The van der Waals surface area contributed by atoms with Crippen LogP contribution in [0.5, 0.6) is 5.75 Å². The van der Waals surface area contributed by atoms with Crippen LogP contribution >= 0.6 is 11.3 Å². The van der Waals surface area contributed by atoms with Crippen molar-refractivity contribution in [1.29, 1.82) is 0 Å². The Morgan fingerprint density at radius 2 is 1.88 bits per heavy atom. The van der Waals surface area contributed by atoms with E-state index in [1.54, 1.807) is 18.2 Å². The van der Waals surface area contributed by atoms with Crippen molar-refractivity contribution in [2.45, 2.75) is 32.2 Å². The van der Waals surface area contributed by atoms with Crippen molar-refractivity contribution in [3.05, 3.63) is 52.2 Å².